The van der Waals surface area contributed by atoms with Crippen LogP contribution >= 0.6 is 0 Å². The number of ether oxygens (including phenoxy) is 1. The number of hydrogen-bond donors (Lipinski definition) is 1. The highest BCUT2D eigenvalue weighted by Crippen LogP contribution is 2.36. The fourth-order valence-electron chi connectivity index (χ4n) is 3.51. The predicted octanol–water partition coefficient (Wildman–Crippen LogP) is 4.07. The average Bonchev–Trinajstić information content (AvgIpc) is 2.39. The van der Waals surface area contributed by atoms with E-state index in [0.717, 1.165) is 24.0 Å². The second-order valence-corrected chi connectivity index (χ2v) is 6.02. The summed E-state index contributed by atoms with van der Waals surface area (Å²) < 4.78 is 19.7. The molecule has 0 heterocycles. The molecule has 2 rings (SSSR count). The molecule has 1 N–H and O–H groups in total. The monoisotopic (exact) mass is 280 g/mol. The van der Waals surface area contributed by atoms with E-state index in [0.29, 0.717) is 11.5 Å². The summed E-state index contributed by atoms with van der Waals surface area (Å²) in [7, 11) is 1.62. The molecule has 2 atom stereocenters. The van der Waals surface area contributed by atoms with Crippen molar-refractivity contribution in [2.75, 3.05) is 7.11 Å². The summed E-state index contributed by atoms with van der Waals surface area (Å²) >= 11 is 0. The minimum absolute atomic E-state index is 0.314. The highest BCUT2D eigenvalue weighted by molar-refractivity contribution is 5.34. The molecule has 0 aliphatic heterocycles. The Kier molecular flexibility index (Phi) is 5.17. The molecule has 1 aliphatic carbocycles. The Bertz CT molecular complexity index is 429. The van der Waals surface area contributed by atoms with Crippen molar-refractivity contribution in [2.45, 2.75) is 58.2 Å². The first kappa shape index (κ1) is 15.5. The maximum absolute atomic E-state index is 14.2. The van der Waals surface area contributed by atoms with Crippen LogP contribution in [0.5, 0.6) is 0 Å². The van der Waals surface area contributed by atoms with Gasteiger partial charge < -0.3 is 9.84 Å². The van der Waals surface area contributed by atoms with Gasteiger partial charge in [0.2, 0.25) is 0 Å². The summed E-state index contributed by atoms with van der Waals surface area (Å²) in [5.74, 6) is -0.00304. The Balaban J connectivity index is 2.26. The van der Waals surface area contributed by atoms with Gasteiger partial charge in [-0.05, 0) is 49.8 Å². The van der Waals surface area contributed by atoms with Crippen LogP contribution in [0.15, 0.2) is 12.1 Å². The smallest absolute Gasteiger partial charge is 0.129 e. The molecule has 0 spiro atoms. The molecule has 0 aromatic heterocycles. The Morgan fingerprint density at radius 2 is 1.85 bits per heavy atom. The first-order chi connectivity index (χ1) is 9.54. The maximum Gasteiger partial charge on any atom is 0.129 e. The van der Waals surface area contributed by atoms with E-state index >= 15 is 0 Å². The number of aliphatic hydroxyl groups is 1. The summed E-state index contributed by atoms with van der Waals surface area (Å²) in [4.78, 5) is 0. The Morgan fingerprint density at radius 1 is 1.20 bits per heavy atom. The average molecular weight is 280 g/mol. The van der Waals surface area contributed by atoms with Crippen LogP contribution in [0.2, 0.25) is 0 Å². The van der Waals surface area contributed by atoms with Gasteiger partial charge in [-0.1, -0.05) is 25.3 Å². The van der Waals surface area contributed by atoms with Gasteiger partial charge in [0.05, 0.1) is 6.10 Å². The number of methoxy groups -OCH3 is 1. The molecule has 2 unspecified atom stereocenters. The van der Waals surface area contributed by atoms with E-state index in [1.165, 1.54) is 25.3 Å². The summed E-state index contributed by atoms with van der Waals surface area (Å²) in [6.45, 7) is 3.71. The van der Waals surface area contributed by atoms with Gasteiger partial charge in [0, 0.05) is 12.7 Å². The minimum Gasteiger partial charge on any atom is -0.386 e. The zero-order valence-corrected chi connectivity index (χ0v) is 12.7. The summed E-state index contributed by atoms with van der Waals surface area (Å²) in [5, 5.41) is 10.6. The molecule has 112 valence electrons. The van der Waals surface area contributed by atoms with Crippen LogP contribution in [-0.2, 0) is 4.74 Å². The van der Waals surface area contributed by atoms with Gasteiger partial charge in [0.15, 0.2) is 0 Å². The normalized spacial score (nSPS) is 19.9. The van der Waals surface area contributed by atoms with Gasteiger partial charge >= 0.3 is 0 Å². The first-order valence-corrected chi connectivity index (χ1v) is 7.52. The third-order valence-electron chi connectivity index (χ3n) is 4.47. The number of benzene rings is 1. The van der Waals surface area contributed by atoms with Crippen molar-refractivity contribution in [1.29, 1.82) is 0 Å². The van der Waals surface area contributed by atoms with Crippen molar-refractivity contribution in [3.05, 3.63) is 34.6 Å². The second kappa shape index (κ2) is 6.68. The van der Waals surface area contributed by atoms with E-state index in [1.807, 2.05) is 19.9 Å². The van der Waals surface area contributed by atoms with Gasteiger partial charge in [-0.3, -0.25) is 0 Å². The highest BCUT2D eigenvalue weighted by atomic mass is 19.1. The van der Waals surface area contributed by atoms with E-state index < -0.39 is 6.10 Å². The lowest BCUT2D eigenvalue weighted by molar-refractivity contribution is -0.0573. The van der Waals surface area contributed by atoms with Crippen LogP contribution in [-0.4, -0.2) is 18.3 Å². The Labute approximate surface area is 121 Å². The lowest BCUT2D eigenvalue weighted by Crippen LogP contribution is -2.32. The predicted molar refractivity (Wildman–Crippen MR) is 78.2 cm³/mol. The molecular formula is C17H25FO2. The molecule has 0 radical (unpaired) electrons. The standard InChI is InChI=1S/C17H25FO2/c1-11-9-12(2)15(14(18)10-11)16(19)17(20-3)13-7-5-4-6-8-13/h9-10,13,16-17,19H,4-8H2,1-3H3. The molecule has 1 aromatic rings. The molecule has 1 aliphatic rings. The Morgan fingerprint density at radius 3 is 2.40 bits per heavy atom. The molecule has 3 heteroatoms. The molecule has 2 nitrogen and oxygen atoms in total. The largest absolute Gasteiger partial charge is 0.386 e. The highest BCUT2D eigenvalue weighted by Gasteiger charge is 2.32. The van der Waals surface area contributed by atoms with Gasteiger partial charge in [-0.25, -0.2) is 4.39 Å². The van der Waals surface area contributed by atoms with Crippen molar-refractivity contribution < 1.29 is 14.2 Å². The molecule has 1 saturated carbocycles. The van der Waals surface area contributed by atoms with E-state index in [9.17, 15) is 9.50 Å². The fourth-order valence-corrected chi connectivity index (χ4v) is 3.51. The molecule has 1 aromatic carbocycles. The third-order valence-corrected chi connectivity index (χ3v) is 4.47. The van der Waals surface area contributed by atoms with Crippen LogP contribution in [0.1, 0.15) is 54.9 Å². The van der Waals surface area contributed by atoms with Crippen LogP contribution < -0.4 is 0 Å². The number of hydrogen-bond acceptors (Lipinski definition) is 2. The lowest BCUT2D eigenvalue weighted by Gasteiger charge is -2.33. The first-order valence-electron chi connectivity index (χ1n) is 7.52. The molecule has 1 fully saturated rings. The van der Waals surface area contributed by atoms with Crippen molar-refractivity contribution in [2.24, 2.45) is 5.92 Å². The van der Waals surface area contributed by atoms with Gasteiger partial charge in [0.1, 0.15) is 11.9 Å². The lowest BCUT2D eigenvalue weighted by atomic mass is 9.81. The van der Waals surface area contributed by atoms with Crippen molar-refractivity contribution >= 4 is 0 Å². The fraction of sp³-hybridized carbons (Fsp3) is 0.647. The van der Waals surface area contributed by atoms with Gasteiger partial charge in [0.25, 0.3) is 0 Å². The van der Waals surface area contributed by atoms with Crippen molar-refractivity contribution in [3.63, 3.8) is 0 Å². The van der Waals surface area contributed by atoms with Crippen molar-refractivity contribution in [3.8, 4) is 0 Å². The zero-order chi connectivity index (χ0) is 14.7. The number of aliphatic hydroxyl groups excluding tert-OH is 1. The van der Waals surface area contributed by atoms with Crippen LogP contribution in [0.25, 0.3) is 0 Å². The van der Waals surface area contributed by atoms with E-state index in [4.69, 9.17) is 4.74 Å². The topological polar surface area (TPSA) is 29.5 Å². The third kappa shape index (κ3) is 3.21. The molecule has 0 saturated heterocycles. The SMILES string of the molecule is COC(C1CCCCC1)C(O)c1c(C)cc(C)cc1F. The number of halogens is 1. The zero-order valence-electron chi connectivity index (χ0n) is 12.7. The quantitative estimate of drug-likeness (QED) is 0.900. The minimum atomic E-state index is -0.885. The van der Waals surface area contributed by atoms with E-state index in [-0.39, 0.29) is 11.9 Å². The van der Waals surface area contributed by atoms with Gasteiger partial charge in [-0.15, -0.1) is 0 Å². The summed E-state index contributed by atoms with van der Waals surface area (Å²) in [6.07, 6.45) is 4.51. The maximum atomic E-state index is 14.2. The molecular weight excluding hydrogens is 255 g/mol. The van der Waals surface area contributed by atoms with E-state index in [1.54, 1.807) is 7.11 Å². The molecule has 0 bridgehead atoms. The van der Waals surface area contributed by atoms with Crippen LogP contribution in [0, 0.1) is 25.6 Å². The Hall–Kier alpha value is -0.930. The van der Waals surface area contributed by atoms with Gasteiger partial charge in [-0.2, -0.15) is 0 Å². The number of aryl methyl sites for hydroxylation is 2. The summed E-state index contributed by atoms with van der Waals surface area (Å²) in [6, 6.07) is 3.40. The second-order valence-electron chi connectivity index (χ2n) is 6.02. The van der Waals surface area contributed by atoms with Crippen LogP contribution in [0.4, 0.5) is 4.39 Å². The van der Waals surface area contributed by atoms with E-state index in [2.05, 4.69) is 0 Å². The van der Waals surface area contributed by atoms with Crippen molar-refractivity contribution in [1.82, 2.24) is 0 Å². The molecule has 0 amide bonds. The van der Waals surface area contributed by atoms with Crippen LogP contribution in [0.3, 0.4) is 0 Å². The number of rotatable bonds is 4. The molecule has 20 heavy (non-hydrogen) atoms. The summed E-state index contributed by atoms with van der Waals surface area (Å²) in [5.41, 5.74) is 2.07.